The van der Waals surface area contributed by atoms with E-state index in [1.807, 2.05) is 47.9 Å². The van der Waals surface area contributed by atoms with Gasteiger partial charge in [0.2, 0.25) is 0 Å². The first-order valence-corrected chi connectivity index (χ1v) is 9.97. The summed E-state index contributed by atoms with van der Waals surface area (Å²) < 4.78 is 1.85. The molecule has 0 radical (unpaired) electrons. The molecule has 1 aromatic heterocycles. The Morgan fingerprint density at radius 3 is 2.33 bits per heavy atom. The van der Waals surface area contributed by atoms with E-state index in [1.54, 1.807) is 36.4 Å². The van der Waals surface area contributed by atoms with Crippen LogP contribution < -0.4 is 5.32 Å². The fraction of sp³-hybridized carbons (Fsp3) is 0.125. The Kier molecular flexibility index (Phi) is 5.63. The average Bonchev–Trinajstić information content (AvgIpc) is 3.10. The second kappa shape index (κ2) is 8.51. The molecule has 1 heterocycles. The average molecular weight is 418 g/mol. The third kappa shape index (κ3) is 4.26. The number of carbonyl (C=O) groups is 2. The molecular formula is C24H20ClN3O2. The van der Waals surface area contributed by atoms with Crippen LogP contribution in [0.3, 0.4) is 0 Å². The maximum atomic E-state index is 12.8. The van der Waals surface area contributed by atoms with Gasteiger partial charge in [0.05, 0.1) is 24.1 Å². The van der Waals surface area contributed by atoms with E-state index >= 15 is 0 Å². The lowest BCUT2D eigenvalue weighted by Gasteiger charge is -2.10. The third-order valence-corrected chi connectivity index (χ3v) is 5.17. The normalized spacial score (nSPS) is 10.9. The van der Waals surface area contributed by atoms with E-state index < -0.39 is 0 Å². The van der Waals surface area contributed by atoms with Crippen molar-refractivity contribution >= 4 is 34.3 Å². The first kappa shape index (κ1) is 19.9. The van der Waals surface area contributed by atoms with Crippen LogP contribution in [0.2, 0.25) is 5.02 Å². The number of halogens is 1. The molecule has 1 amide bonds. The highest BCUT2D eigenvalue weighted by atomic mass is 35.5. The van der Waals surface area contributed by atoms with Crippen LogP contribution in [-0.2, 0) is 13.1 Å². The van der Waals surface area contributed by atoms with Gasteiger partial charge in [0.15, 0.2) is 5.78 Å². The van der Waals surface area contributed by atoms with Crippen LogP contribution in [0.25, 0.3) is 11.0 Å². The first-order valence-electron chi connectivity index (χ1n) is 9.59. The lowest BCUT2D eigenvalue weighted by atomic mass is 10.1. The fourth-order valence-electron chi connectivity index (χ4n) is 3.27. The van der Waals surface area contributed by atoms with Gasteiger partial charge in [-0.1, -0.05) is 41.4 Å². The van der Waals surface area contributed by atoms with Crippen LogP contribution in [0.4, 0.5) is 0 Å². The highest BCUT2D eigenvalue weighted by Gasteiger charge is 2.16. The summed E-state index contributed by atoms with van der Waals surface area (Å²) in [6, 6.07) is 21.8. The summed E-state index contributed by atoms with van der Waals surface area (Å²) in [5.41, 5.74) is 3.88. The van der Waals surface area contributed by atoms with Gasteiger partial charge >= 0.3 is 0 Å². The second-order valence-electron chi connectivity index (χ2n) is 7.08. The molecule has 0 saturated heterocycles. The number of carbonyl (C=O) groups excluding carboxylic acids is 2. The number of nitrogens with one attached hydrogen (secondary N) is 1. The van der Waals surface area contributed by atoms with E-state index in [4.69, 9.17) is 11.6 Å². The molecule has 0 fully saturated rings. The van der Waals surface area contributed by atoms with Crippen molar-refractivity contribution in [1.82, 2.24) is 14.9 Å². The van der Waals surface area contributed by atoms with Crippen LogP contribution in [-0.4, -0.2) is 21.2 Å². The molecule has 0 aliphatic rings. The number of aryl methyl sites for hydroxylation is 1. The lowest BCUT2D eigenvalue weighted by Crippen LogP contribution is -2.25. The Bertz CT molecular complexity index is 1210. The summed E-state index contributed by atoms with van der Waals surface area (Å²) >= 11 is 5.93. The number of ketones is 1. The number of hydrogen-bond donors (Lipinski definition) is 1. The molecule has 30 heavy (non-hydrogen) atoms. The van der Waals surface area contributed by atoms with Crippen molar-refractivity contribution in [2.24, 2.45) is 0 Å². The summed E-state index contributed by atoms with van der Waals surface area (Å²) in [5, 5.41) is 3.49. The molecule has 4 aromatic rings. The van der Waals surface area contributed by atoms with Gasteiger partial charge < -0.3 is 9.88 Å². The summed E-state index contributed by atoms with van der Waals surface area (Å²) in [7, 11) is 0. The molecule has 0 atom stereocenters. The highest BCUT2D eigenvalue weighted by molar-refractivity contribution is 6.30. The van der Waals surface area contributed by atoms with Gasteiger partial charge in [0, 0.05) is 16.1 Å². The molecule has 4 rings (SSSR count). The number of aromatic nitrogens is 2. The molecular weight excluding hydrogens is 398 g/mol. The van der Waals surface area contributed by atoms with E-state index in [-0.39, 0.29) is 24.8 Å². The van der Waals surface area contributed by atoms with Crippen molar-refractivity contribution in [1.29, 1.82) is 0 Å². The zero-order valence-corrected chi connectivity index (χ0v) is 17.2. The molecule has 5 nitrogen and oxygen atoms in total. The summed E-state index contributed by atoms with van der Waals surface area (Å²) in [6.45, 7) is 2.31. The fourth-order valence-corrected chi connectivity index (χ4v) is 3.40. The van der Waals surface area contributed by atoms with E-state index in [2.05, 4.69) is 10.3 Å². The predicted molar refractivity (Wildman–Crippen MR) is 118 cm³/mol. The highest BCUT2D eigenvalue weighted by Crippen LogP contribution is 2.18. The minimum Gasteiger partial charge on any atom is -0.345 e. The Hall–Kier alpha value is -3.44. The van der Waals surface area contributed by atoms with Crippen LogP contribution in [0, 0.1) is 6.92 Å². The van der Waals surface area contributed by atoms with Gasteiger partial charge in [0.25, 0.3) is 5.91 Å². The number of rotatable bonds is 6. The van der Waals surface area contributed by atoms with Crippen molar-refractivity contribution in [2.75, 3.05) is 0 Å². The molecule has 0 spiro atoms. The zero-order chi connectivity index (χ0) is 21.1. The summed E-state index contributed by atoms with van der Waals surface area (Å²) in [6.07, 6.45) is 0. The number of benzene rings is 3. The Balaban J connectivity index is 1.58. The molecule has 1 N–H and O–H groups in total. The van der Waals surface area contributed by atoms with Crippen molar-refractivity contribution in [3.63, 3.8) is 0 Å². The molecule has 6 heteroatoms. The quantitative estimate of drug-likeness (QED) is 0.458. The SMILES string of the molecule is Cc1ccc(C(=O)NCc2nc3ccccc3n2CC(=O)c2ccc(Cl)cc2)cc1. The maximum Gasteiger partial charge on any atom is 0.251 e. The van der Waals surface area contributed by atoms with E-state index in [1.165, 1.54) is 0 Å². The predicted octanol–water partition coefficient (Wildman–Crippen LogP) is 4.81. The van der Waals surface area contributed by atoms with Gasteiger partial charge in [-0.2, -0.15) is 0 Å². The molecule has 0 saturated carbocycles. The maximum absolute atomic E-state index is 12.8. The van der Waals surface area contributed by atoms with E-state index in [0.29, 0.717) is 22.0 Å². The van der Waals surface area contributed by atoms with E-state index in [9.17, 15) is 9.59 Å². The molecule has 0 aliphatic heterocycles. The minimum absolute atomic E-state index is 0.0547. The van der Waals surface area contributed by atoms with Gasteiger partial charge in [-0.05, 0) is 55.5 Å². The van der Waals surface area contributed by atoms with Gasteiger partial charge in [-0.3, -0.25) is 9.59 Å². The second-order valence-corrected chi connectivity index (χ2v) is 7.52. The molecule has 0 aliphatic carbocycles. The monoisotopic (exact) mass is 417 g/mol. The third-order valence-electron chi connectivity index (χ3n) is 4.92. The number of nitrogens with zero attached hydrogens (tertiary/aromatic N) is 2. The Morgan fingerprint density at radius 1 is 0.933 bits per heavy atom. The van der Waals surface area contributed by atoms with Crippen LogP contribution in [0.15, 0.2) is 72.8 Å². The minimum atomic E-state index is -0.183. The van der Waals surface area contributed by atoms with Crippen LogP contribution in [0.5, 0.6) is 0 Å². The topological polar surface area (TPSA) is 64.0 Å². The van der Waals surface area contributed by atoms with Gasteiger partial charge in [-0.15, -0.1) is 0 Å². The zero-order valence-electron chi connectivity index (χ0n) is 16.4. The van der Waals surface area contributed by atoms with Crippen molar-refractivity contribution < 1.29 is 9.59 Å². The van der Waals surface area contributed by atoms with Crippen LogP contribution in [0.1, 0.15) is 32.1 Å². The first-order chi connectivity index (χ1) is 14.5. The largest absolute Gasteiger partial charge is 0.345 e. The lowest BCUT2D eigenvalue weighted by molar-refractivity contribution is 0.0949. The van der Waals surface area contributed by atoms with E-state index in [0.717, 1.165) is 16.6 Å². The standard InChI is InChI=1S/C24H20ClN3O2/c1-16-6-8-18(9-7-16)24(30)26-14-23-27-20-4-2-3-5-21(20)28(23)15-22(29)17-10-12-19(25)13-11-17/h2-13H,14-15H2,1H3,(H,26,30). The Morgan fingerprint density at radius 2 is 1.60 bits per heavy atom. The number of imidazole rings is 1. The smallest absolute Gasteiger partial charge is 0.251 e. The number of para-hydroxylation sites is 2. The number of amides is 1. The molecule has 3 aromatic carbocycles. The van der Waals surface area contributed by atoms with Crippen LogP contribution >= 0.6 is 11.6 Å². The van der Waals surface area contributed by atoms with Crippen molar-refractivity contribution in [3.05, 3.63) is 100 Å². The molecule has 0 unspecified atom stereocenters. The molecule has 150 valence electrons. The molecule has 0 bridgehead atoms. The van der Waals surface area contributed by atoms with Gasteiger partial charge in [0.1, 0.15) is 5.82 Å². The summed E-state index contributed by atoms with van der Waals surface area (Å²) in [4.78, 5) is 30.0. The van der Waals surface area contributed by atoms with Gasteiger partial charge in [-0.25, -0.2) is 4.98 Å². The summed E-state index contributed by atoms with van der Waals surface area (Å²) in [5.74, 6) is 0.387. The Labute approximate surface area is 179 Å². The van der Waals surface area contributed by atoms with Crippen molar-refractivity contribution in [2.45, 2.75) is 20.0 Å². The van der Waals surface area contributed by atoms with Crippen molar-refractivity contribution in [3.8, 4) is 0 Å². The number of fused-ring (bicyclic) bond motifs is 1. The number of Topliss-reactive ketones (excluding diaryl/α,β-unsaturated/α-hetero) is 1. The number of hydrogen-bond acceptors (Lipinski definition) is 3.